The molecule has 1 saturated heterocycles. The second-order valence-corrected chi connectivity index (χ2v) is 10.2. The first-order valence-electron chi connectivity index (χ1n) is 12.9. The Morgan fingerprint density at radius 2 is 0.829 bits per heavy atom. The Bertz CT molecular complexity index is 1150. The van der Waals surface area contributed by atoms with Gasteiger partial charge in [-0.2, -0.15) is 0 Å². The van der Waals surface area contributed by atoms with E-state index < -0.39 is 0 Å². The highest BCUT2D eigenvalue weighted by atomic mass is 15.4. The van der Waals surface area contributed by atoms with Gasteiger partial charge in [-0.3, -0.25) is 0 Å². The molecular weight excluding hydrogens is 424 g/mol. The van der Waals surface area contributed by atoms with Crippen molar-refractivity contribution in [3.63, 3.8) is 0 Å². The molecule has 1 aliphatic rings. The Balaban J connectivity index is 1.75. The third kappa shape index (κ3) is 4.46. The van der Waals surface area contributed by atoms with Crippen molar-refractivity contribution in [2.75, 3.05) is 16.5 Å². The van der Waals surface area contributed by atoms with Gasteiger partial charge >= 0.3 is 0 Å². The first-order valence-corrected chi connectivity index (χ1v) is 12.9. The number of para-hydroxylation sites is 2. The van der Waals surface area contributed by atoms with Gasteiger partial charge in [0.05, 0.1) is 18.8 Å². The Labute approximate surface area is 210 Å². The van der Waals surface area contributed by atoms with Gasteiger partial charge in [0, 0.05) is 11.4 Å². The molecule has 0 aliphatic carbocycles. The van der Waals surface area contributed by atoms with Gasteiger partial charge in [-0.15, -0.1) is 0 Å². The molecule has 0 unspecified atom stereocenters. The molecule has 35 heavy (non-hydrogen) atoms. The van der Waals surface area contributed by atoms with Crippen molar-refractivity contribution < 1.29 is 0 Å². The first-order chi connectivity index (χ1) is 17.1. The second kappa shape index (κ2) is 10.00. The van der Waals surface area contributed by atoms with Crippen LogP contribution in [0, 0.1) is 0 Å². The molecule has 0 aromatic heterocycles. The smallest absolute Gasteiger partial charge is 0.0917 e. The molecule has 2 nitrogen and oxygen atoms in total. The third-order valence-corrected chi connectivity index (χ3v) is 7.29. The molecule has 0 N–H and O–H groups in total. The Morgan fingerprint density at radius 1 is 0.486 bits per heavy atom. The van der Waals surface area contributed by atoms with E-state index >= 15 is 0 Å². The van der Waals surface area contributed by atoms with Gasteiger partial charge < -0.3 is 9.80 Å². The van der Waals surface area contributed by atoms with Gasteiger partial charge in [0.25, 0.3) is 0 Å². The van der Waals surface area contributed by atoms with E-state index in [1.165, 1.54) is 33.6 Å². The monoisotopic (exact) mass is 460 g/mol. The molecule has 0 amide bonds. The normalized spacial score (nSPS) is 18.0. The van der Waals surface area contributed by atoms with Gasteiger partial charge in [-0.05, 0) is 46.2 Å². The van der Waals surface area contributed by atoms with Crippen LogP contribution in [0.5, 0.6) is 0 Å². The summed E-state index contributed by atoms with van der Waals surface area (Å²) in [4.78, 5) is 5.28. The summed E-state index contributed by atoms with van der Waals surface area (Å²) in [6.45, 7) is 10.0. The Kier molecular flexibility index (Phi) is 6.63. The van der Waals surface area contributed by atoms with Crippen molar-refractivity contribution in [2.24, 2.45) is 0 Å². The van der Waals surface area contributed by atoms with Crippen molar-refractivity contribution in [1.82, 2.24) is 0 Å². The SMILES string of the molecule is CC(C)c1ccccc1N1CN(c2ccccc2C(C)C)[C@@H](c2ccccc2)[C@H]1c1ccccc1. The van der Waals surface area contributed by atoms with Crippen molar-refractivity contribution in [1.29, 1.82) is 0 Å². The summed E-state index contributed by atoms with van der Waals surface area (Å²) in [6, 6.07) is 40.4. The van der Waals surface area contributed by atoms with Gasteiger partial charge in [0.1, 0.15) is 0 Å². The predicted molar refractivity (Wildman–Crippen MR) is 149 cm³/mol. The van der Waals surface area contributed by atoms with Crippen LogP contribution in [0.3, 0.4) is 0 Å². The molecule has 2 heteroatoms. The summed E-state index contributed by atoms with van der Waals surface area (Å²) in [7, 11) is 0. The van der Waals surface area contributed by atoms with Gasteiger partial charge in [0.15, 0.2) is 0 Å². The van der Waals surface area contributed by atoms with Crippen LogP contribution in [0.15, 0.2) is 109 Å². The van der Waals surface area contributed by atoms with E-state index in [2.05, 4.69) is 147 Å². The molecule has 2 atom stereocenters. The third-order valence-electron chi connectivity index (χ3n) is 7.29. The van der Waals surface area contributed by atoms with Crippen LogP contribution < -0.4 is 9.80 Å². The van der Waals surface area contributed by atoms with Crippen molar-refractivity contribution >= 4 is 11.4 Å². The number of benzene rings is 4. The number of rotatable bonds is 6. The van der Waals surface area contributed by atoms with Crippen LogP contribution in [-0.2, 0) is 0 Å². The summed E-state index contributed by atoms with van der Waals surface area (Å²) in [5.41, 5.74) is 8.18. The minimum absolute atomic E-state index is 0.193. The van der Waals surface area contributed by atoms with Crippen LogP contribution in [-0.4, -0.2) is 6.67 Å². The maximum Gasteiger partial charge on any atom is 0.0917 e. The molecule has 0 radical (unpaired) electrons. The van der Waals surface area contributed by atoms with Crippen LogP contribution in [0.1, 0.15) is 73.9 Å². The fraction of sp³-hybridized carbons (Fsp3) is 0.273. The lowest BCUT2D eigenvalue weighted by molar-refractivity contribution is 0.614. The van der Waals surface area contributed by atoms with Crippen LogP contribution in [0.2, 0.25) is 0 Å². The summed E-state index contributed by atoms with van der Waals surface area (Å²) < 4.78 is 0. The first kappa shape index (κ1) is 23.2. The predicted octanol–water partition coefficient (Wildman–Crippen LogP) is 8.70. The van der Waals surface area contributed by atoms with Gasteiger partial charge in [-0.25, -0.2) is 0 Å². The average molecular weight is 461 g/mol. The van der Waals surface area contributed by atoms with Crippen molar-refractivity contribution in [2.45, 2.75) is 51.6 Å². The second-order valence-electron chi connectivity index (χ2n) is 10.2. The highest BCUT2D eigenvalue weighted by Crippen LogP contribution is 2.50. The van der Waals surface area contributed by atoms with Gasteiger partial charge in [-0.1, -0.05) is 125 Å². The Hall–Kier alpha value is -3.52. The molecule has 1 fully saturated rings. The number of nitrogens with zero attached hydrogens (tertiary/aromatic N) is 2. The standard InChI is InChI=1S/C33H36N2/c1-24(2)28-19-11-13-21-30(28)34-23-35(31-22-14-12-20-29(31)25(3)4)33(27-17-9-6-10-18-27)32(34)26-15-7-5-8-16-26/h5-22,24-25,32-33H,23H2,1-4H3/t32-,33+. The van der Waals surface area contributed by atoms with E-state index in [0.717, 1.165) is 6.67 Å². The molecule has 0 saturated carbocycles. The highest BCUT2D eigenvalue weighted by molar-refractivity contribution is 5.66. The molecule has 1 heterocycles. The highest BCUT2D eigenvalue weighted by Gasteiger charge is 2.43. The zero-order valence-corrected chi connectivity index (χ0v) is 21.3. The van der Waals surface area contributed by atoms with Crippen LogP contribution in [0.4, 0.5) is 11.4 Å². The number of hydrogen-bond donors (Lipinski definition) is 0. The van der Waals surface area contributed by atoms with E-state index in [1.807, 2.05) is 0 Å². The van der Waals surface area contributed by atoms with Crippen molar-refractivity contribution in [3.8, 4) is 0 Å². The summed E-state index contributed by atoms with van der Waals surface area (Å²) in [6.07, 6.45) is 0. The fourth-order valence-corrected chi connectivity index (χ4v) is 5.63. The molecule has 0 bridgehead atoms. The lowest BCUT2D eigenvalue weighted by Gasteiger charge is -2.32. The number of anilines is 2. The lowest BCUT2D eigenvalue weighted by atomic mass is 9.91. The average Bonchev–Trinajstić information content (AvgIpc) is 3.30. The fourth-order valence-electron chi connectivity index (χ4n) is 5.63. The number of hydrogen-bond acceptors (Lipinski definition) is 2. The van der Waals surface area contributed by atoms with E-state index in [4.69, 9.17) is 0 Å². The molecular formula is C33H36N2. The van der Waals surface area contributed by atoms with E-state index in [1.54, 1.807) is 0 Å². The van der Waals surface area contributed by atoms with E-state index in [9.17, 15) is 0 Å². The largest absolute Gasteiger partial charge is 0.344 e. The molecule has 0 spiro atoms. The summed E-state index contributed by atoms with van der Waals surface area (Å²) in [5.74, 6) is 0.907. The zero-order valence-electron chi connectivity index (χ0n) is 21.3. The van der Waals surface area contributed by atoms with Crippen LogP contribution >= 0.6 is 0 Å². The maximum absolute atomic E-state index is 2.64. The molecule has 4 aromatic rings. The minimum atomic E-state index is 0.193. The molecule has 4 aromatic carbocycles. The summed E-state index contributed by atoms with van der Waals surface area (Å²) >= 11 is 0. The minimum Gasteiger partial charge on any atom is -0.344 e. The van der Waals surface area contributed by atoms with E-state index in [-0.39, 0.29) is 12.1 Å². The maximum atomic E-state index is 2.64. The molecule has 1 aliphatic heterocycles. The Morgan fingerprint density at radius 3 is 1.20 bits per heavy atom. The van der Waals surface area contributed by atoms with E-state index in [0.29, 0.717) is 11.8 Å². The van der Waals surface area contributed by atoms with Gasteiger partial charge in [0.2, 0.25) is 0 Å². The summed E-state index contributed by atoms with van der Waals surface area (Å²) in [5, 5.41) is 0. The topological polar surface area (TPSA) is 6.48 Å². The van der Waals surface area contributed by atoms with Crippen molar-refractivity contribution in [3.05, 3.63) is 131 Å². The zero-order chi connectivity index (χ0) is 24.4. The quantitative estimate of drug-likeness (QED) is 0.284. The molecule has 178 valence electrons. The molecule has 5 rings (SSSR count). The lowest BCUT2D eigenvalue weighted by Crippen LogP contribution is -2.28. The van der Waals surface area contributed by atoms with Crippen LogP contribution in [0.25, 0.3) is 0 Å².